The second-order valence-corrected chi connectivity index (χ2v) is 11.9. The molecule has 0 N–H and O–H groups in total. The molecule has 0 spiro atoms. The van der Waals surface area contributed by atoms with Gasteiger partial charge in [-0.05, 0) is 77.7 Å². The summed E-state index contributed by atoms with van der Waals surface area (Å²) >= 11 is 1.31. The topological polar surface area (TPSA) is 51.5 Å². The molecule has 0 unspecified atom stereocenters. The summed E-state index contributed by atoms with van der Waals surface area (Å²) in [7, 11) is -0.776. The van der Waals surface area contributed by atoms with Gasteiger partial charge in [-0.2, -0.15) is 5.26 Å². The van der Waals surface area contributed by atoms with Crippen LogP contribution in [0.2, 0.25) is 0 Å². The summed E-state index contributed by atoms with van der Waals surface area (Å²) in [6, 6.07) is 52.4. The molecule has 5 aromatic rings. The summed E-state index contributed by atoms with van der Waals surface area (Å²) in [5.41, 5.74) is 6.95. The van der Waals surface area contributed by atoms with Crippen molar-refractivity contribution in [2.75, 3.05) is 13.2 Å². The maximum atomic E-state index is 9.10. The predicted molar refractivity (Wildman–Crippen MR) is 189 cm³/mol. The number of hydrogen-bond donors (Lipinski definition) is 0. The van der Waals surface area contributed by atoms with E-state index in [2.05, 4.69) is 127 Å². The highest BCUT2D eigenvalue weighted by Gasteiger charge is 2.24. The summed E-state index contributed by atoms with van der Waals surface area (Å²) in [6.07, 6.45) is 3.63. The van der Waals surface area contributed by atoms with Gasteiger partial charge in [-0.15, -0.1) is 0 Å². The zero-order valence-corrected chi connectivity index (χ0v) is 26.9. The van der Waals surface area contributed by atoms with Gasteiger partial charge in [0, 0.05) is 30.8 Å². The van der Waals surface area contributed by atoms with Crippen LogP contribution in [-0.4, -0.2) is 20.5 Å². The molecular weight excluding hydrogens is 585 g/mol. The van der Waals surface area contributed by atoms with Crippen LogP contribution in [0.5, 0.6) is 0 Å². The Morgan fingerprint density at radius 1 is 0.543 bits per heavy atom. The molecule has 0 heterocycles. The molecule has 0 aromatic heterocycles. The van der Waals surface area contributed by atoms with Gasteiger partial charge in [0.2, 0.25) is 0 Å². The molecule has 0 aliphatic rings. The lowest BCUT2D eigenvalue weighted by atomic mass is 9.87. The molecule has 0 aliphatic carbocycles. The SMILES string of the molecule is N#Cc1ccc(CSOB(OCCCC(c2ccccc2)c2ccccc2)OCCCC(c2ccccc2)c2ccccc2)cc1. The summed E-state index contributed by atoms with van der Waals surface area (Å²) in [5.74, 6) is 1.22. The molecular formula is C40H40BNO3S. The molecule has 0 radical (unpaired) electrons. The molecule has 6 heteroatoms. The van der Waals surface area contributed by atoms with Gasteiger partial charge in [-0.25, -0.2) is 0 Å². The fourth-order valence-corrected chi connectivity index (χ4v) is 6.28. The molecule has 0 amide bonds. The number of rotatable bonds is 18. The molecule has 5 rings (SSSR count). The van der Waals surface area contributed by atoms with E-state index in [9.17, 15) is 0 Å². The van der Waals surface area contributed by atoms with Crippen molar-refractivity contribution >= 4 is 19.4 Å². The maximum Gasteiger partial charge on any atom is 0.651 e. The van der Waals surface area contributed by atoms with E-state index in [1.165, 1.54) is 34.3 Å². The van der Waals surface area contributed by atoms with Gasteiger partial charge in [-0.1, -0.05) is 133 Å². The lowest BCUT2D eigenvalue weighted by Gasteiger charge is -2.20. The normalized spacial score (nSPS) is 11.1. The molecule has 5 aromatic carbocycles. The van der Waals surface area contributed by atoms with E-state index in [1.54, 1.807) is 0 Å². The van der Waals surface area contributed by atoms with E-state index in [4.69, 9.17) is 18.7 Å². The van der Waals surface area contributed by atoms with Crippen LogP contribution in [-0.2, 0) is 19.2 Å². The first-order valence-corrected chi connectivity index (χ1v) is 16.9. The Hall–Kier alpha value is -4.12. The second kappa shape index (κ2) is 18.8. The van der Waals surface area contributed by atoms with Crippen molar-refractivity contribution < 1.29 is 13.4 Å². The molecule has 46 heavy (non-hydrogen) atoms. The van der Waals surface area contributed by atoms with Crippen molar-refractivity contribution in [2.45, 2.75) is 43.3 Å². The van der Waals surface area contributed by atoms with Gasteiger partial charge in [0.15, 0.2) is 0 Å². The highest BCUT2D eigenvalue weighted by Crippen LogP contribution is 2.30. The third kappa shape index (κ3) is 10.5. The monoisotopic (exact) mass is 625 g/mol. The van der Waals surface area contributed by atoms with Crippen LogP contribution < -0.4 is 0 Å². The molecule has 0 bridgehead atoms. The Morgan fingerprint density at radius 2 is 0.935 bits per heavy atom. The first-order valence-electron chi connectivity index (χ1n) is 16.0. The number of nitriles is 1. The molecule has 0 aliphatic heterocycles. The average molecular weight is 626 g/mol. The smallest absolute Gasteiger partial charge is 0.385 e. The average Bonchev–Trinajstić information content (AvgIpc) is 3.13. The van der Waals surface area contributed by atoms with E-state index in [-0.39, 0.29) is 0 Å². The number of benzene rings is 5. The third-order valence-electron chi connectivity index (χ3n) is 8.05. The minimum atomic E-state index is -0.776. The Bertz CT molecular complexity index is 1410. The largest absolute Gasteiger partial charge is 0.651 e. The van der Waals surface area contributed by atoms with Gasteiger partial charge in [0.05, 0.1) is 11.6 Å². The fourth-order valence-electron chi connectivity index (χ4n) is 5.66. The van der Waals surface area contributed by atoms with Crippen molar-refractivity contribution in [1.82, 2.24) is 0 Å². The molecule has 232 valence electrons. The standard InChI is InChI=1S/C40H40BNO3S/c42-31-33-25-27-34(28-26-33)32-46-45-41(43-29-13-23-39(35-15-5-1-6-16-35)36-17-7-2-8-18-36)44-30-14-24-40(37-19-9-3-10-20-37)38-21-11-4-12-22-38/h1-12,15-22,25-28,39-40H,13-14,23-24,29-30,32H2. The Balaban J connectivity index is 1.17. The van der Waals surface area contributed by atoms with Gasteiger partial charge in [0.25, 0.3) is 0 Å². The highest BCUT2D eigenvalue weighted by atomic mass is 32.2. The quantitative estimate of drug-likeness (QED) is 0.0551. The minimum Gasteiger partial charge on any atom is -0.385 e. The lowest BCUT2D eigenvalue weighted by molar-refractivity contribution is 0.142. The van der Waals surface area contributed by atoms with Gasteiger partial charge < -0.3 is 13.4 Å². The van der Waals surface area contributed by atoms with E-state index in [0.29, 0.717) is 36.4 Å². The predicted octanol–water partition coefficient (Wildman–Crippen LogP) is 9.97. The summed E-state index contributed by atoms with van der Waals surface area (Å²) in [5, 5.41) is 9.10. The fraction of sp³-hybridized carbons (Fsp3) is 0.225. The van der Waals surface area contributed by atoms with E-state index < -0.39 is 7.32 Å². The second-order valence-electron chi connectivity index (χ2n) is 11.2. The van der Waals surface area contributed by atoms with Gasteiger partial charge in [-0.3, -0.25) is 0 Å². The van der Waals surface area contributed by atoms with Crippen LogP contribution in [0.3, 0.4) is 0 Å². The van der Waals surface area contributed by atoms with Crippen LogP contribution in [0, 0.1) is 11.3 Å². The minimum absolute atomic E-state index is 0.296. The van der Waals surface area contributed by atoms with Crippen LogP contribution in [0.4, 0.5) is 0 Å². The lowest BCUT2D eigenvalue weighted by Crippen LogP contribution is -2.26. The number of nitrogens with zero attached hydrogens (tertiary/aromatic N) is 1. The van der Waals surface area contributed by atoms with Crippen LogP contribution >= 0.6 is 12.0 Å². The van der Waals surface area contributed by atoms with Gasteiger partial charge >= 0.3 is 7.32 Å². The zero-order chi connectivity index (χ0) is 31.7. The van der Waals surface area contributed by atoms with Crippen molar-refractivity contribution in [3.8, 4) is 6.07 Å². The maximum absolute atomic E-state index is 9.10. The molecule has 4 nitrogen and oxygen atoms in total. The molecule has 0 atom stereocenters. The van der Waals surface area contributed by atoms with Crippen LogP contribution in [0.15, 0.2) is 146 Å². The van der Waals surface area contributed by atoms with Crippen molar-refractivity contribution in [3.63, 3.8) is 0 Å². The van der Waals surface area contributed by atoms with Crippen LogP contribution in [0.25, 0.3) is 0 Å². The third-order valence-corrected chi connectivity index (χ3v) is 8.79. The molecule has 0 fully saturated rings. The highest BCUT2D eigenvalue weighted by molar-refractivity contribution is 7.94. The zero-order valence-electron chi connectivity index (χ0n) is 26.1. The first-order chi connectivity index (χ1) is 22.8. The summed E-state index contributed by atoms with van der Waals surface area (Å²) < 4.78 is 18.5. The van der Waals surface area contributed by atoms with Crippen molar-refractivity contribution in [3.05, 3.63) is 179 Å². The Morgan fingerprint density at radius 3 is 1.30 bits per heavy atom. The summed E-state index contributed by atoms with van der Waals surface area (Å²) in [4.78, 5) is 0. The van der Waals surface area contributed by atoms with Crippen molar-refractivity contribution in [1.29, 1.82) is 5.26 Å². The van der Waals surface area contributed by atoms with Crippen LogP contribution in [0.1, 0.15) is 70.9 Å². The van der Waals surface area contributed by atoms with E-state index in [1.807, 2.05) is 24.3 Å². The van der Waals surface area contributed by atoms with Crippen molar-refractivity contribution in [2.24, 2.45) is 0 Å². The molecule has 0 saturated heterocycles. The van der Waals surface area contributed by atoms with E-state index >= 15 is 0 Å². The van der Waals surface area contributed by atoms with Gasteiger partial charge in [0.1, 0.15) is 0 Å². The first kappa shape index (κ1) is 33.3. The summed E-state index contributed by atoms with van der Waals surface area (Å²) in [6.45, 7) is 1.05. The number of hydrogen-bond acceptors (Lipinski definition) is 5. The Labute approximate surface area is 278 Å². The Kier molecular flexibility index (Phi) is 13.6. The molecule has 0 saturated carbocycles. The van der Waals surface area contributed by atoms with E-state index in [0.717, 1.165) is 31.2 Å².